The molecule has 1 heterocycles. The van der Waals surface area contributed by atoms with Crippen molar-refractivity contribution in [2.45, 2.75) is 18.9 Å². The Labute approximate surface area is 137 Å². The van der Waals surface area contributed by atoms with Crippen LogP contribution in [0.15, 0.2) is 24.3 Å². The van der Waals surface area contributed by atoms with Crippen LogP contribution in [0.4, 0.5) is 0 Å². The van der Waals surface area contributed by atoms with E-state index < -0.39 is 0 Å². The number of hydrogen-bond acceptors (Lipinski definition) is 4. The predicted molar refractivity (Wildman–Crippen MR) is 87.0 cm³/mol. The lowest BCUT2D eigenvalue weighted by Crippen LogP contribution is -2.48. The first-order valence-electron chi connectivity index (χ1n) is 8.25. The van der Waals surface area contributed by atoms with Gasteiger partial charge in [0.2, 0.25) is 0 Å². The number of rotatable bonds is 5. The highest BCUT2D eigenvalue weighted by Crippen LogP contribution is 2.30. The molecule has 1 saturated heterocycles. The van der Waals surface area contributed by atoms with Crippen molar-refractivity contribution in [3.63, 3.8) is 0 Å². The molecule has 1 unspecified atom stereocenters. The van der Waals surface area contributed by atoms with E-state index in [4.69, 9.17) is 10.00 Å². The molecule has 0 N–H and O–H groups in total. The number of carbonyl (C=O) groups excluding carboxylic acids is 1. The maximum Gasteiger partial charge on any atom is 0.253 e. The van der Waals surface area contributed by atoms with Gasteiger partial charge in [-0.05, 0) is 44.0 Å². The molecule has 23 heavy (non-hydrogen) atoms. The Morgan fingerprint density at radius 3 is 2.96 bits per heavy atom. The third kappa shape index (κ3) is 4.31. The van der Waals surface area contributed by atoms with Crippen molar-refractivity contribution >= 4 is 5.91 Å². The van der Waals surface area contributed by atoms with Crippen molar-refractivity contribution in [2.75, 3.05) is 39.8 Å². The van der Waals surface area contributed by atoms with Crippen LogP contribution < -0.4 is 0 Å². The summed E-state index contributed by atoms with van der Waals surface area (Å²) in [7, 11) is 2.08. The molecule has 122 valence electrons. The highest BCUT2D eigenvalue weighted by atomic mass is 16.5. The Balaban J connectivity index is 1.72. The predicted octanol–water partition coefficient (Wildman–Crippen LogP) is 1.74. The minimum absolute atomic E-state index is 0.00539. The monoisotopic (exact) mass is 313 g/mol. The first kappa shape index (κ1) is 16.0. The second-order valence-corrected chi connectivity index (χ2v) is 6.60. The lowest BCUT2D eigenvalue weighted by Gasteiger charge is -2.34. The fourth-order valence-corrected chi connectivity index (χ4v) is 2.98. The Morgan fingerprint density at radius 1 is 1.43 bits per heavy atom. The van der Waals surface area contributed by atoms with E-state index >= 15 is 0 Å². The summed E-state index contributed by atoms with van der Waals surface area (Å²) in [6, 6.07) is 9.06. The Hall–Kier alpha value is -1.90. The summed E-state index contributed by atoms with van der Waals surface area (Å²) in [5, 5.41) is 9.03. The Bertz CT molecular complexity index is 607. The number of nitrogens with zero attached hydrogens (tertiary/aromatic N) is 3. The van der Waals surface area contributed by atoms with Crippen LogP contribution >= 0.6 is 0 Å². The van der Waals surface area contributed by atoms with E-state index in [1.807, 2.05) is 4.90 Å². The van der Waals surface area contributed by atoms with Crippen LogP contribution in [0.2, 0.25) is 0 Å². The van der Waals surface area contributed by atoms with Gasteiger partial charge in [-0.25, -0.2) is 0 Å². The molecule has 1 saturated carbocycles. The van der Waals surface area contributed by atoms with Gasteiger partial charge in [0.1, 0.15) is 0 Å². The van der Waals surface area contributed by atoms with Crippen LogP contribution in [0, 0.1) is 17.2 Å². The maximum atomic E-state index is 12.9. The van der Waals surface area contributed by atoms with E-state index in [1.165, 1.54) is 12.8 Å². The molecule has 5 nitrogen and oxygen atoms in total. The summed E-state index contributed by atoms with van der Waals surface area (Å²) in [4.78, 5) is 17.0. The number of nitriles is 1. The first-order valence-corrected chi connectivity index (χ1v) is 8.25. The summed E-state index contributed by atoms with van der Waals surface area (Å²) in [5.74, 6) is 0.630. The SMILES string of the molecule is CN1CCOC(CN(CC2CC2)C(=O)c2cccc(C#N)c2)C1. The fraction of sp³-hybridized carbons (Fsp3) is 0.556. The number of ether oxygens (including phenoxy) is 1. The van der Waals surface area contributed by atoms with Crippen LogP contribution in [0.25, 0.3) is 0 Å². The summed E-state index contributed by atoms with van der Waals surface area (Å²) in [5.41, 5.74) is 1.12. The number of carbonyl (C=O) groups is 1. The lowest BCUT2D eigenvalue weighted by molar-refractivity contribution is -0.0331. The molecule has 1 aromatic carbocycles. The topological polar surface area (TPSA) is 56.6 Å². The van der Waals surface area contributed by atoms with Gasteiger partial charge >= 0.3 is 0 Å². The number of likely N-dealkylation sites (N-methyl/N-ethyl adjacent to an activating group) is 1. The number of amides is 1. The number of benzene rings is 1. The maximum absolute atomic E-state index is 12.9. The van der Waals surface area contributed by atoms with Crippen LogP contribution in [0.3, 0.4) is 0 Å². The van der Waals surface area contributed by atoms with Crippen molar-refractivity contribution in [2.24, 2.45) is 5.92 Å². The summed E-state index contributed by atoms with van der Waals surface area (Å²) in [6.45, 7) is 3.93. The first-order chi connectivity index (χ1) is 11.2. The number of hydrogen-bond donors (Lipinski definition) is 0. The summed E-state index contributed by atoms with van der Waals surface area (Å²) >= 11 is 0. The van der Waals surface area contributed by atoms with Gasteiger partial charge < -0.3 is 14.5 Å². The van der Waals surface area contributed by atoms with Crippen LogP contribution in [0.5, 0.6) is 0 Å². The molecule has 2 fully saturated rings. The lowest BCUT2D eigenvalue weighted by atomic mass is 10.1. The molecule has 1 atom stereocenters. The minimum Gasteiger partial charge on any atom is -0.374 e. The van der Waals surface area contributed by atoms with Crippen molar-refractivity contribution in [1.82, 2.24) is 9.80 Å². The standard InChI is InChI=1S/C18H23N3O2/c1-20-7-8-23-17(12-20)13-21(11-14-5-6-14)18(22)16-4-2-3-15(9-16)10-19/h2-4,9,14,17H,5-8,11-13H2,1H3. The van der Waals surface area contributed by atoms with Gasteiger partial charge in [-0.3, -0.25) is 4.79 Å². The highest BCUT2D eigenvalue weighted by molar-refractivity contribution is 5.94. The second kappa shape index (κ2) is 7.12. The molecule has 0 radical (unpaired) electrons. The average molecular weight is 313 g/mol. The van der Waals surface area contributed by atoms with E-state index in [9.17, 15) is 4.79 Å². The van der Waals surface area contributed by atoms with Gasteiger partial charge in [0.05, 0.1) is 24.3 Å². The molecule has 0 spiro atoms. The molecule has 1 aliphatic carbocycles. The molecule has 0 bridgehead atoms. The van der Waals surface area contributed by atoms with Crippen molar-refractivity contribution in [3.05, 3.63) is 35.4 Å². The van der Waals surface area contributed by atoms with Crippen LogP contribution in [-0.4, -0.2) is 61.6 Å². The number of morpholine rings is 1. The molecule has 1 aliphatic heterocycles. The zero-order valence-electron chi connectivity index (χ0n) is 13.6. The average Bonchev–Trinajstić information content (AvgIpc) is 3.38. The van der Waals surface area contributed by atoms with Gasteiger partial charge in [-0.2, -0.15) is 5.26 Å². The van der Waals surface area contributed by atoms with Crippen LogP contribution in [-0.2, 0) is 4.74 Å². The van der Waals surface area contributed by atoms with E-state index in [-0.39, 0.29) is 12.0 Å². The normalized spacial score (nSPS) is 21.7. The van der Waals surface area contributed by atoms with Gasteiger partial charge in [-0.1, -0.05) is 6.07 Å². The molecular formula is C18H23N3O2. The fourth-order valence-electron chi connectivity index (χ4n) is 2.98. The zero-order chi connectivity index (χ0) is 16.2. The summed E-state index contributed by atoms with van der Waals surface area (Å²) in [6.07, 6.45) is 2.47. The Kier molecular flexibility index (Phi) is 4.94. The molecule has 1 amide bonds. The molecule has 1 aromatic rings. The highest BCUT2D eigenvalue weighted by Gasteiger charge is 2.30. The van der Waals surface area contributed by atoms with Crippen molar-refractivity contribution in [3.8, 4) is 6.07 Å². The van der Waals surface area contributed by atoms with Crippen LogP contribution in [0.1, 0.15) is 28.8 Å². The molecule has 2 aliphatic rings. The minimum atomic E-state index is 0.00539. The van der Waals surface area contributed by atoms with Gasteiger partial charge in [-0.15, -0.1) is 0 Å². The third-order valence-electron chi connectivity index (χ3n) is 4.47. The molecular weight excluding hydrogens is 290 g/mol. The quantitative estimate of drug-likeness (QED) is 0.831. The van der Waals surface area contributed by atoms with E-state index in [2.05, 4.69) is 18.0 Å². The van der Waals surface area contributed by atoms with Gasteiger partial charge in [0.25, 0.3) is 5.91 Å². The largest absolute Gasteiger partial charge is 0.374 e. The van der Waals surface area contributed by atoms with Gasteiger partial charge in [0.15, 0.2) is 0 Å². The molecule has 5 heteroatoms. The zero-order valence-corrected chi connectivity index (χ0v) is 13.6. The smallest absolute Gasteiger partial charge is 0.253 e. The molecule has 3 rings (SSSR count). The van der Waals surface area contributed by atoms with Crippen molar-refractivity contribution < 1.29 is 9.53 Å². The second-order valence-electron chi connectivity index (χ2n) is 6.60. The third-order valence-corrected chi connectivity index (χ3v) is 4.47. The molecule has 0 aromatic heterocycles. The van der Waals surface area contributed by atoms with E-state index in [1.54, 1.807) is 24.3 Å². The summed E-state index contributed by atoms with van der Waals surface area (Å²) < 4.78 is 5.82. The van der Waals surface area contributed by atoms with Gasteiger partial charge in [0, 0.05) is 31.7 Å². The Morgan fingerprint density at radius 2 is 2.26 bits per heavy atom. The van der Waals surface area contributed by atoms with E-state index in [0.717, 1.165) is 26.2 Å². The van der Waals surface area contributed by atoms with Crippen molar-refractivity contribution in [1.29, 1.82) is 5.26 Å². The van der Waals surface area contributed by atoms with E-state index in [0.29, 0.717) is 23.6 Å².